The SMILES string of the molecule is CSc1ccc(C(O)C2CC(C)(C)OC2(C)C)cc1. The maximum atomic E-state index is 10.7. The number of aliphatic hydroxyl groups excluding tert-OH is 1. The van der Waals surface area contributed by atoms with Crippen LogP contribution in [0.1, 0.15) is 45.8 Å². The number of hydrogen-bond donors (Lipinski definition) is 1. The molecule has 1 aromatic rings. The van der Waals surface area contributed by atoms with E-state index in [0.717, 1.165) is 12.0 Å². The fraction of sp³-hybridized carbons (Fsp3) is 0.625. The van der Waals surface area contributed by atoms with E-state index in [1.165, 1.54) is 4.90 Å². The summed E-state index contributed by atoms with van der Waals surface area (Å²) < 4.78 is 6.07. The van der Waals surface area contributed by atoms with E-state index in [1.54, 1.807) is 11.8 Å². The highest BCUT2D eigenvalue weighted by Crippen LogP contribution is 2.47. The smallest absolute Gasteiger partial charge is 0.0846 e. The van der Waals surface area contributed by atoms with Crippen molar-refractivity contribution in [3.05, 3.63) is 29.8 Å². The summed E-state index contributed by atoms with van der Waals surface area (Å²) in [7, 11) is 0. The molecule has 1 saturated heterocycles. The van der Waals surface area contributed by atoms with Gasteiger partial charge in [-0.1, -0.05) is 12.1 Å². The average molecular weight is 280 g/mol. The molecule has 1 fully saturated rings. The number of rotatable bonds is 3. The van der Waals surface area contributed by atoms with Crippen molar-refractivity contribution in [1.82, 2.24) is 0 Å². The van der Waals surface area contributed by atoms with E-state index in [9.17, 15) is 5.11 Å². The first-order valence-electron chi connectivity index (χ1n) is 6.77. The van der Waals surface area contributed by atoms with E-state index in [0.29, 0.717) is 0 Å². The molecule has 0 spiro atoms. The lowest BCUT2D eigenvalue weighted by molar-refractivity contribution is -0.0880. The average Bonchev–Trinajstić information content (AvgIpc) is 2.56. The topological polar surface area (TPSA) is 29.5 Å². The van der Waals surface area contributed by atoms with E-state index in [2.05, 4.69) is 46.1 Å². The molecule has 1 aliphatic heterocycles. The van der Waals surface area contributed by atoms with Crippen molar-refractivity contribution in [1.29, 1.82) is 0 Å². The van der Waals surface area contributed by atoms with Crippen LogP contribution in [-0.4, -0.2) is 22.6 Å². The van der Waals surface area contributed by atoms with Crippen molar-refractivity contribution < 1.29 is 9.84 Å². The molecule has 106 valence electrons. The van der Waals surface area contributed by atoms with Gasteiger partial charge in [0, 0.05) is 10.8 Å². The van der Waals surface area contributed by atoms with Gasteiger partial charge in [0.15, 0.2) is 0 Å². The van der Waals surface area contributed by atoms with Crippen LogP contribution in [0.15, 0.2) is 29.2 Å². The number of ether oxygens (including phenoxy) is 1. The van der Waals surface area contributed by atoms with Crippen molar-refractivity contribution in [3.8, 4) is 0 Å². The van der Waals surface area contributed by atoms with Crippen LogP contribution >= 0.6 is 11.8 Å². The van der Waals surface area contributed by atoms with E-state index < -0.39 is 6.10 Å². The molecule has 1 aliphatic rings. The van der Waals surface area contributed by atoms with E-state index >= 15 is 0 Å². The summed E-state index contributed by atoms with van der Waals surface area (Å²) in [5, 5.41) is 10.7. The molecule has 1 heterocycles. The van der Waals surface area contributed by atoms with Crippen molar-refractivity contribution in [2.45, 2.75) is 56.3 Å². The standard InChI is InChI=1S/C16H24O2S/c1-15(2)10-13(16(3,4)18-15)14(17)11-6-8-12(19-5)9-7-11/h6-9,13-14,17H,10H2,1-5H3. The highest BCUT2D eigenvalue weighted by molar-refractivity contribution is 7.98. The molecule has 0 aliphatic carbocycles. The van der Waals surface area contributed by atoms with E-state index in [1.807, 2.05) is 12.1 Å². The van der Waals surface area contributed by atoms with Gasteiger partial charge in [-0.2, -0.15) is 0 Å². The molecule has 0 bridgehead atoms. The molecule has 2 nitrogen and oxygen atoms in total. The molecule has 1 aromatic carbocycles. The molecule has 0 aromatic heterocycles. The Labute approximate surface area is 120 Å². The van der Waals surface area contributed by atoms with Crippen molar-refractivity contribution in [3.63, 3.8) is 0 Å². The quantitative estimate of drug-likeness (QED) is 0.848. The number of hydrogen-bond acceptors (Lipinski definition) is 3. The summed E-state index contributed by atoms with van der Waals surface area (Å²) in [6.45, 7) is 8.34. The maximum absolute atomic E-state index is 10.7. The predicted molar refractivity (Wildman–Crippen MR) is 80.5 cm³/mol. The highest BCUT2D eigenvalue weighted by atomic mass is 32.2. The fourth-order valence-corrected chi connectivity index (χ4v) is 3.54. The predicted octanol–water partition coefficient (Wildman–Crippen LogP) is 4.04. The summed E-state index contributed by atoms with van der Waals surface area (Å²) >= 11 is 1.71. The first kappa shape index (κ1) is 14.9. The molecule has 0 saturated carbocycles. The highest BCUT2D eigenvalue weighted by Gasteiger charge is 2.49. The van der Waals surface area contributed by atoms with Gasteiger partial charge in [0.1, 0.15) is 0 Å². The second-order valence-electron chi connectivity index (χ2n) is 6.49. The van der Waals surface area contributed by atoms with Gasteiger partial charge in [-0.25, -0.2) is 0 Å². The van der Waals surface area contributed by atoms with Crippen LogP contribution in [0.25, 0.3) is 0 Å². The van der Waals surface area contributed by atoms with Crippen LogP contribution in [-0.2, 0) is 4.74 Å². The monoisotopic (exact) mass is 280 g/mol. The minimum atomic E-state index is -0.465. The number of thioether (sulfide) groups is 1. The Morgan fingerprint density at radius 2 is 1.79 bits per heavy atom. The third kappa shape index (κ3) is 3.15. The molecule has 0 amide bonds. The molecule has 2 unspecified atom stereocenters. The molecule has 19 heavy (non-hydrogen) atoms. The van der Waals surface area contributed by atoms with Crippen LogP contribution in [0, 0.1) is 5.92 Å². The van der Waals surface area contributed by atoms with Gasteiger partial charge in [0.2, 0.25) is 0 Å². The zero-order valence-electron chi connectivity index (χ0n) is 12.4. The summed E-state index contributed by atoms with van der Waals surface area (Å²) in [5.41, 5.74) is 0.535. The van der Waals surface area contributed by atoms with E-state index in [-0.39, 0.29) is 17.1 Å². The summed E-state index contributed by atoms with van der Waals surface area (Å²) in [6.07, 6.45) is 2.47. The van der Waals surface area contributed by atoms with Crippen molar-refractivity contribution >= 4 is 11.8 Å². The van der Waals surface area contributed by atoms with Crippen molar-refractivity contribution in [2.75, 3.05) is 6.26 Å². The summed E-state index contributed by atoms with van der Waals surface area (Å²) in [6, 6.07) is 8.18. The zero-order valence-corrected chi connectivity index (χ0v) is 13.3. The van der Waals surface area contributed by atoms with Gasteiger partial charge in [-0.3, -0.25) is 0 Å². The Morgan fingerprint density at radius 3 is 2.21 bits per heavy atom. The Balaban J connectivity index is 2.21. The second-order valence-corrected chi connectivity index (χ2v) is 7.37. The minimum absolute atomic E-state index is 0.127. The molecule has 2 atom stereocenters. The Bertz CT molecular complexity index is 437. The van der Waals surface area contributed by atoms with Crippen molar-refractivity contribution in [2.24, 2.45) is 5.92 Å². The van der Waals surface area contributed by atoms with Gasteiger partial charge < -0.3 is 9.84 Å². The lowest BCUT2D eigenvalue weighted by Crippen LogP contribution is -2.32. The van der Waals surface area contributed by atoms with Crippen LogP contribution in [0.4, 0.5) is 0 Å². The van der Waals surface area contributed by atoms with Gasteiger partial charge >= 0.3 is 0 Å². The third-order valence-electron chi connectivity index (χ3n) is 3.98. The fourth-order valence-electron chi connectivity index (χ4n) is 3.13. The summed E-state index contributed by atoms with van der Waals surface area (Å²) in [4.78, 5) is 1.22. The Kier molecular flexibility index (Phi) is 4.01. The first-order chi connectivity index (χ1) is 8.75. The van der Waals surface area contributed by atoms with Crippen LogP contribution in [0.5, 0.6) is 0 Å². The molecular formula is C16H24O2S. The van der Waals surface area contributed by atoms with Gasteiger partial charge in [-0.15, -0.1) is 11.8 Å². The zero-order chi connectivity index (χ0) is 14.3. The molecule has 0 radical (unpaired) electrons. The van der Waals surface area contributed by atoms with Gasteiger partial charge in [0.05, 0.1) is 17.3 Å². The number of aliphatic hydroxyl groups is 1. The lowest BCUT2D eigenvalue weighted by atomic mass is 9.80. The summed E-state index contributed by atoms with van der Waals surface area (Å²) in [5.74, 6) is 0.127. The molecular weight excluding hydrogens is 256 g/mol. The van der Waals surface area contributed by atoms with E-state index in [4.69, 9.17) is 4.74 Å². The van der Waals surface area contributed by atoms with Crippen LogP contribution < -0.4 is 0 Å². The second kappa shape index (κ2) is 5.12. The van der Waals surface area contributed by atoms with Gasteiger partial charge in [-0.05, 0) is 58.1 Å². The maximum Gasteiger partial charge on any atom is 0.0846 e. The van der Waals surface area contributed by atoms with Gasteiger partial charge in [0.25, 0.3) is 0 Å². The van der Waals surface area contributed by atoms with Crippen LogP contribution in [0.2, 0.25) is 0 Å². The molecule has 2 rings (SSSR count). The Hall–Kier alpha value is -0.510. The van der Waals surface area contributed by atoms with Crippen LogP contribution in [0.3, 0.4) is 0 Å². The first-order valence-corrected chi connectivity index (χ1v) is 8.00. The number of benzene rings is 1. The third-order valence-corrected chi connectivity index (χ3v) is 4.73. The molecule has 1 N–H and O–H groups in total. The minimum Gasteiger partial charge on any atom is -0.388 e. The lowest BCUT2D eigenvalue weighted by Gasteiger charge is -2.30. The Morgan fingerprint density at radius 1 is 1.21 bits per heavy atom. The normalized spacial score (nSPS) is 26.3. The molecule has 3 heteroatoms. The largest absolute Gasteiger partial charge is 0.388 e.